The third-order valence-electron chi connectivity index (χ3n) is 5.70. The van der Waals surface area contributed by atoms with E-state index in [-0.39, 0.29) is 12.3 Å². The summed E-state index contributed by atoms with van der Waals surface area (Å²) in [5.74, 6) is 1.19. The highest BCUT2D eigenvalue weighted by molar-refractivity contribution is 7.90. The van der Waals surface area contributed by atoms with E-state index in [2.05, 4.69) is 14.0 Å². The molecule has 2 bridgehead atoms. The first-order valence-corrected chi connectivity index (χ1v) is 11.9. The summed E-state index contributed by atoms with van der Waals surface area (Å²) >= 11 is 1.24. The van der Waals surface area contributed by atoms with Crippen molar-refractivity contribution in [3.63, 3.8) is 0 Å². The topological polar surface area (TPSA) is 120 Å². The highest BCUT2D eigenvalue weighted by Crippen LogP contribution is 2.36. The van der Waals surface area contributed by atoms with Crippen molar-refractivity contribution in [3.8, 4) is 0 Å². The first-order chi connectivity index (χ1) is 14.2. The van der Waals surface area contributed by atoms with Gasteiger partial charge in [-0.05, 0) is 67.5 Å². The van der Waals surface area contributed by atoms with E-state index in [0.29, 0.717) is 29.6 Å². The lowest BCUT2D eigenvalue weighted by Gasteiger charge is -2.44. The number of nitrogens with one attached hydrogen (secondary N) is 1. The van der Waals surface area contributed by atoms with Gasteiger partial charge in [0.15, 0.2) is 5.78 Å². The maximum atomic E-state index is 12.9. The Balaban J connectivity index is 0.000000806. The maximum absolute atomic E-state index is 12.9. The standard InChI is InChI=1S/C18H24N4O3S2.CH2O2/c1-21(2)27(24,25)20-14-3-4-15-17(10-14)26-19-18(15)16(23)9-13-11-22-7-5-12(13)6-8-22;2-1-3/h3-4,10,12-13,20H,5-9,11H2,1-2H3;1H,(H,2,3)/t13-;/m1./s1. The van der Waals surface area contributed by atoms with Crippen LogP contribution in [-0.2, 0) is 15.0 Å². The highest BCUT2D eigenvalue weighted by atomic mass is 32.2. The number of carbonyl (C=O) groups is 2. The molecule has 1 aromatic heterocycles. The summed E-state index contributed by atoms with van der Waals surface area (Å²) in [5.41, 5.74) is 0.990. The molecule has 11 heteroatoms. The number of ketones is 1. The van der Waals surface area contributed by atoms with Crippen molar-refractivity contribution in [1.82, 2.24) is 13.6 Å². The zero-order valence-corrected chi connectivity index (χ0v) is 18.6. The Labute approximate surface area is 180 Å². The Kier molecular flexibility index (Phi) is 7.06. The molecule has 9 nitrogen and oxygen atoms in total. The number of benzene rings is 1. The number of rotatable bonds is 6. The summed E-state index contributed by atoms with van der Waals surface area (Å²) in [6.07, 6.45) is 2.95. The number of Topliss-reactive ketones (excluding diaryl/α,β-unsaturated/α-hetero) is 1. The van der Waals surface area contributed by atoms with Gasteiger partial charge in [-0.3, -0.25) is 14.3 Å². The first kappa shape index (κ1) is 22.6. The van der Waals surface area contributed by atoms with Gasteiger partial charge in [-0.2, -0.15) is 17.1 Å². The van der Waals surface area contributed by atoms with Gasteiger partial charge in [0, 0.05) is 32.4 Å². The number of carbonyl (C=O) groups excluding carboxylic acids is 1. The van der Waals surface area contributed by atoms with Gasteiger partial charge >= 0.3 is 10.2 Å². The molecule has 3 saturated heterocycles. The number of carboxylic acid groups (broad SMARTS) is 1. The zero-order chi connectivity index (χ0) is 21.9. The van der Waals surface area contributed by atoms with Gasteiger partial charge in [-0.15, -0.1) is 0 Å². The van der Waals surface area contributed by atoms with Gasteiger partial charge in [0.2, 0.25) is 0 Å². The van der Waals surface area contributed by atoms with Crippen molar-refractivity contribution in [2.75, 3.05) is 38.5 Å². The second-order valence-corrected chi connectivity index (χ2v) is 10.5. The summed E-state index contributed by atoms with van der Waals surface area (Å²) in [6, 6.07) is 5.21. The maximum Gasteiger partial charge on any atom is 0.301 e. The number of anilines is 1. The highest BCUT2D eigenvalue weighted by Gasteiger charge is 2.35. The number of nitrogens with zero attached hydrogens (tertiary/aromatic N) is 3. The van der Waals surface area contributed by atoms with Gasteiger partial charge in [-0.25, -0.2) is 0 Å². The zero-order valence-electron chi connectivity index (χ0n) is 16.9. The average Bonchev–Trinajstić information content (AvgIpc) is 3.12. The molecule has 1 aromatic carbocycles. The van der Waals surface area contributed by atoms with E-state index in [1.165, 1.54) is 51.6 Å². The minimum atomic E-state index is -3.56. The third kappa shape index (κ3) is 4.97. The van der Waals surface area contributed by atoms with Gasteiger partial charge in [0.1, 0.15) is 5.69 Å². The average molecular weight is 455 g/mol. The fraction of sp³-hybridized carbons (Fsp3) is 0.526. The van der Waals surface area contributed by atoms with Crippen molar-refractivity contribution in [2.24, 2.45) is 11.8 Å². The second kappa shape index (κ2) is 9.38. The number of hydrogen-bond donors (Lipinski definition) is 2. The molecule has 0 radical (unpaired) electrons. The van der Waals surface area contributed by atoms with Crippen LogP contribution in [0, 0.1) is 11.8 Å². The quantitative estimate of drug-likeness (QED) is 0.507. The van der Waals surface area contributed by atoms with E-state index in [9.17, 15) is 13.2 Å². The van der Waals surface area contributed by atoms with Crippen molar-refractivity contribution < 1.29 is 23.1 Å². The van der Waals surface area contributed by atoms with Crippen LogP contribution in [-0.4, -0.2) is 73.1 Å². The van der Waals surface area contributed by atoms with Gasteiger partial charge < -0.3 is 10.0 Å². The van der Waals surface area contributed by atoms with Crippen LogP contribution in [0.4, 0.5) is 5.69 Å². The molecule has 2 aromatic rings. The van der Waals surface area contributed by atoms with E-state index < -0.39 is 10.2 Å². The van der Waals surface area contributed by atoms with E-state index in [1.807, 2.05) is 0 Å². The fourth-order valence-corrected chi connectivity index (χ4v) is 5.54. The lowest BCUT2D eigenvalue weighted by molar-refractivity contribution is -0.122. The van der Waals surface area contributed by atoms with E-state index in [0.717, 1.165) is 20.9 Å². The normalized spacial score (nSPS) is 23.1. The van der Waals surface area contributed by atoms with Crippen LogP contribution in [0.5, 0.6) is 0 Å². The molecule has 2 N–H and O–H groups in total. The summed E-state index contributed by atoms with van der Waals surface area (Å²) in [4.78, 5) is 23.7. The Bertz CT molecular complexity index is 1010. The molecule has 0 amide bonds. The molecule has 1 atom stereocenters. The largest absolute Gasteiger partial charge is 0.483 e. The lowest BCUT2D eigenvalue weighted by atomic mass is 9.76. The number of hydrogen-bond acceptors (Lipinski definition) is 7. The van der Waals surface area contributed by atoms with Crippen molar-refractivity contribution in [2.45, 2.75) is 19.3 Å². The van der Waals surface area contributed by atoms with Gasteiger partial charge in [-0.1, -0.05) is 0 Å². The van der Waals surface area contributed by atoms with Crippen LogP contribution in [0.1, 0.15) is 29.8 Å². The Morgan fingerprint density at radius 2 is 2.03 bits per heavy atom. The van der Waals surface area contributed by atoms with Crippen LogP contribution in [0.2, 0.25) is 0 Å². The molecule has 3 aliphatic heterocycles. The summed E-state index contributed by atoms with van der Waals surface area (Å²) in [7, 11) is -0.615. The summed E-state index contributed by atoms with van der Waals surface area (Å²) in [6.45, 7) is 3.11. The molecular formula is C19H26N4O5S2. The molecule has 0 spiro atoms. The predicted octanol–water partition coefficient (Wildman–Crippen LogP) is 2.13. The Hall–Kier alpha value is -2.08. The fourth-order valence-electron chi connectivity index (χ4n) is 4.10. The molecule has 164 valence electrons. The van der Waals surface area contributed by atoms with Crippen LogP contribution in [0.15, 0.2) is 18.2 Å². The SMILES string of the molecule is CN(C)S(=O)(=O)Nc1ccc2c(C(=O)C[C@@H]3CN4CCC3CC4)nsc2c1.O=CO. The Morgan fingerprint density at radius 1 is 1.37 bits per heavy atom. The van der Waals surface area contributed by atoms with Crippen LogP contribution in [0.25, 0.3) is 10.1 Å². The minimum absolute atomic E-state index is 0.0987. The molecule has 30 heavy (non-hydrogen) atoms. The van der Waals surface area contributed by atoms with Crippen LogP contribution < -0.4 is 4.72 Å². The molecule has 5 rings (SSSR count). The molecule has 0 unspecified atom stereocenters. The second-order valence-electron chi connectivity index (χ2n) is 7.76. The van der Waals surface area contributed by atoms with Crippen LogP contribution >= 0.6 is 11.5 Å². The smallest absolute Gasteiger partial charge is 0.301 e. The van der Waals surface area contributed by atoms with Crippen LogP contribution in [0.3, 0.4) is 0 Å². The monoisotopic (exact) mass is 454 g/mol. The number of fused-ring (bicyclic) bond motifs is 4. The summed E-state index contributed by atoms with van der Waals surface area (Å²) < 4.78 is 32.8. The van der Waals surface area contributed by atoms with Crippen molar-refractivity contribution in [3.05, 3.63) is 23.9 Å². The summed E-state index contributed by atoms with van der Waals surface area (Å²) in [5, 5.41) is 7.69. The molecule has 3 aliphatic rings. The molecule has 4 heterocycles. The van der Waals surface area contributed by atoms with E-state index >= 15 is 0 Å². The molecular weight excluding hydrogens is 428 g/mol. The minimum Gasteiger partial charge on any atom is -0.483 e. The lowest BCUT2D eigenvalue weighted by Crippen LogP contribution is -2.47. The predicted molar refractivity (Wildman–Crippen MR) is 116 cm³/mol. The molecule has 3 fully saturated rings. The molecule has 0 aliphatic carbocycles. The van der Waals surface area contributed by atoms with Gasteiger partial charge in [0.25, 0.3) is 6.47 Å². The number of aromatic nitrogens is 1. The van der Waals surface area contributed by atoms with Crippen molar-refractivity contribution >= 4 is 49.8 Å². The molecule has 0 saturated carbocycles. The Morgan fingerprint density at radius 3 is 2.60 bits per heavy atom. The third-order valence-corrected chi connectivity index (χ3v) is 7.97. The van der Waals surface area contributed by atoms with Gasteiger partial charge in [0.05, 0.1) is 10.4 Å². The first-order valence-electron chi connectivity index (χ1n) is 9.68. The van der Waals surface area contributed by atoms with Crippen molar-refractivity contribution in [1.29, 1.82) is 0 Å². The van der Waals surface area contributed by atoms with E-state index in [4.69, 9.17) is 9.90 Å². The number of piperidine rings is 3. The van der Waals surface area contributed by atoms with E-state index in [1.54, 1.807) is 18.2 Å².